The first kappa shape index (κ1) is 15.4. The van der Waals surface area contributed by atoms with Gasteiger partial charge in [-0.1, -0.05) is 0 Å². The molecule has 9 nitrogen and oxygen atoms in total. The number of sulfonamides is 1. The molecular weight excluding hydrogens is 274 g/mol. The maximum atomic E-state index is 11.2. The van der Waals surface area contributed by atoms with Crippen molar-refractivity contribution >= 4 is 21.7 Å². The van der Waals surface area contributed by atoms with Crippen molar-refractivity contribution in [1.29, 1.82) is 0 Å². The molecule has 0 saturated carbocycles. The minimum atomic E-state index is -3.36. The van der Waals surface area contributed by atoms with Crippen molar-refractivity contribution < 1.29 is 13.3 Å². The highest BCUT2D eigenvalue weighted by Crippen LogP contribution is 2.21. The molecule has 1 rings (SSSR count). The summed E-state index contributed by atoms with van der Waals surface area (Å²) in [5.41, 5.74) is -0.786. The number of aromatic nitrogens is 2. The molecule has 2 N–H and O–H groups in total. The number of nitrogens with zero attached hydrogens (tertiary/aromatic N) is 3. The van der Waals surface area contributed by atoms with Crippen LogP contribution in [0.25, 0.3) is 0 Å². The van der Waals surface area contributed by atoms with Crippen LogP contribution < -0.4 is 10.0 Å². The van der Waals surface area contributed by atoms with Gasteiger partial charge in [0.15, 0.2) is 0 Å². The molecule has 0 bridgehead atoms. The molecule has 0 amide bonds. The monoisotopic (exact) mass is 291 g/mol. The third kappa shape index (κ3) is 4.48. The molecule has 1 aromatic rings. The SMILES string of the molecule is Cn1cnc([N+](=O)[O-])c1NCC(C)(C)NS(C)(=O)=O. The number of nitrogens with one attached hydrogen (secondary N) is 2. The molecule has 0 atom stereocenters. The van der Waals surface area contributed by atoms with Gasteiger partial charge in [-0.25, -0.2) is 13.1 Å². The van der Waals surface area contributed by atoms with E-state index in [0.29, 0.717) is 0 Å². The summed E-state index contributed by atoms with van der Waals surface area (Å²) in [4.78, 5) is 13.8. The van der Waals surface area contributed by atoms with Crippen LogP contribution in [0.3, 0.4) is 0 Å². The molecule has 0 aliphatic carbocycles. The second kappa shape index (κ2) is 5.13. The quantitative estimate of drug-likeness (QED) is 0.565. The first-order valence-corrected chi connectivity index (χ1v) is 7.29. The summed E-state index contributed by atoms with van der Waals surface area (Å²) < 4.78 is 26.3. The summed E-state index contributed by atoms with van der Waals surface area (Å²) in [5.74, 6) is -0.0639. The number of rotatable bonds is 6. The van der Waals surface area contributed by atoms with Gasteiger partial charge in [0.2, 0.25) is 22.2 Å². The Morgan fingerprint density at radius 3 is 2.58 bits per heavy atom. The molecule has 0 fully saturated rings. The second-order valence-electron chi connectivity index (χ2n) is 4.90. The summed E-state index contributed by atoms with van der Waals surface area (Å²) in [6, 6.07) is 0. The third-order valence-corrected chi connectivity index (χ3v) is 3.17. The molecule has 0 radical (unpaired) electrons. The zero-order chi connectivity index (χ0) is 14.8. The number of hydrogen-bond donors (Lipinski definition) is 2. The first-order valence-electron chi connectivity index (χ1n) is 5.40. The van der Waals surface area contributed by atoms with Crippen LogP contribution in [-0.4, -0.2) is 41.2 Å². The van der Waals surface area contributed by atoms with E-state index in [1.807, 2.05) is 0 Å². The van der Waals surface area contributed by atoms with Gasteiger partial charge in [0, 0.05) is 19.1 Å². The Kier molecular flexibility index (Phi) is 4.15. The van der Waals surface area contributed by atoms with Crippen LogP contribution in [0.4, 0.5) is 11.6 Å². The lowest BCUT2D eigenvalue weighted by Crippen LogP contribution is -2.48. The molecular formula is C9H17N5O4S. The molecule has 1 heterocycles. The summed E-state index contributed by atoms with van der Waals surface area (Å²) in [6.45, 7) is 3.52. The van der Waals surface area contributed by atoms with E-state index >= 15 is 0 Å². The number of hydrogen-bond acceptors (Lipinski definition) is 6. The Morgan fingerprint density at radius 2 is 2.11 bits per heavy atom. The minimum Gasteiger partial charge on any atom is -0.362 e. The zero-order valence-corrected chi connectivity index (χ0v) is 12.0. The van der Waals surface area contributed by atoms with Gasteiger partial charge in [-0.2, -0.15) is 0 Å². The lowest BCUT2D eigenvalue weighted by atomic mass is 10.1. The number of anilines is 1. The number of imidazole rings is 1. The molecule has 0 aromatic carbocycles. The van der Waals surface area contributed by atoms with Gasteiger partial charge in [-0.05, 0) is 23.8 Å². The van der Waals surface area contributed by atoms with E-state index in [9.17, 15) is 18.5 Å². The normalized spacial score (nSPS) is 12.4. The van der Waals surface area contributed by atoms with E-state index in [2.05, 4.69) is 15.0 Å². The van der Waals surface area contributed by atoms with E-state index < -0.39 is 20.5 Å². The van der Waals surface area contributed by atoms with Gasteiger partial charge in [-0.3, -0.25) is 4.57 Å². The molecule has 0 unspecified atom stereocenters. The van der Waals surface area contributed by atoms with Crippen molar-refractivity contribution in [2.45, 2.75) is 19.4 Å². The average Bonchev–Trinajstić information content (AvgIpc) is 2.53. The molecule has 0 aliphatic heterocycles. The first-order chi connectivity index (χ1) is 8.52. The van der Waals surface area contributed by atoms with Crippen LogP contribution >= 0.6 is 0 Å². The van der Waals surface area contributed by atoms with Gasteiger partial charge < -0.3 is 15.4 Å². The highest BCUT2D eigenvalue weighted by Gasteiger charge is 2.25. The topological polar surface area (TPSA) is 119 Å². The summed E-state index contributed by atoms with van der Waals surface area (Å²) in [7, 11) is -1.75. The molecule has 0 saturated heterocycles. The minimum absolute atomic E-state index is 0.181. The maximum absolute atomic E-state index is 11.2. The summed E-state index contributed by atoms with van der Waals surface area (Å²) in [6.07, 6.45) is 2.37. The van der Waals surface area contributed by atoms with E-state index in [4.69, 9.17) is 0 Å². The largest absolute Gasteiger partial charge is 0.406 e. The fourth-order valence-electron chi connectivity index (χ4n) is 1.60. The van der Waals surface area contributed by atoms with Gasteiger partial charge in [0.05, 0.1) is 6.26 Å². The molecule has 1 aromatic heterocycles. The third-order valence-electron chi connectivity index (χ3n) is 2.25. The predicted molar refractivity (Wildman–Crippen MR) is 70.4 cm³/mol. The van der Waals surface area contributed by atoms with Crippen LogP contribution in [0.15, 0.2) is 6.33 Å². The van der Waals surface area contributed by atoms with Crippen molar-refractivity contribution in [2.75, 3.05) is 18.1 Å². The second-order valence-corrected chi connectivity index (χ2v) is 6.64. The Balaban J connectivity index is 2.82. The predicted octanol–water partition coefficient (Wildman–Crippen LogP) is 0.0680. The van der Waals surface area contributed by atoms with Gasteiger partial charge in [0.1, 0.15) is 0 Å². The molecule has 10 heteroatoms. The molecule has 108 valence electrons. The molecule has 0 spiro atoms. The Hall–Kier alpha value is -1.68. The molecule has 0 aliphatic rings. The van der Waals surface area contributed by atoms with Crippen molar-refractivity contribution in [3.05, 3.63) is 16.4 Å². The van der Waals surface area contributed by atoms with Gasteiger partial charge in [0.25, 0.3) is 0 Å². The average molecular weight is 291 g/mol. The van der Waals surface area contributed by atoms with Crippen LogP contribution in [0.1, 0.15) is 13.8 Å². The number of nitro groups is 1. The Labute approximate surface area is 111 Å². The lowest BCUT2D eigenvalue weighted by Gasteiger charge is -2.25. The van der Waals surface area contributed by atoms with Crippen LogP contribution in [-0.2, 0) is 17.1 Å². The van der Waals surface area contributed by atoms with E-state index in [1.54, 1.807) is 20.9 Å². The summed E-state index contributed by atoms with van der Waals surface area (Å²) in [5, 5.41) is 13.6. The lowest BCUT2D eigenvalue weighted by molar-refractivity contribution is -0.388. The van der Waals surface area contributed by atoms with Crippen molar-refractivity contribution in [3.63, 3.8) is 0 Å². The van der Waals surface area contributed by atoms with Crippen molar-refractivity contribution in [1.82, 2.24) is 14.3 Å². The Morgan fingerprint density at radius 1 is 1.53 bits per heavy atom. The standard InChI is InChI=1S/C9H17N5O4S/c1-9(2,12-19(4,17)18)5-10-7-8(14(15)16)11-6-13(7)3/h6,10,12H,5H2,1-4H3. The zero-order valence-electron chi connectivity index (χ0n) is 11.2. The van der Waals surface area contributed by atoms with E-state index in [-0.39, 0.29) is 18.2 Å². The van der Waals surface area contributed by atoms with Crippen LogP contribution in [0.5, 0.6) is 0 Å². The Bertz CT molecular complexity index is 577. The van der Waals surface area contributed by atoms with Gasteiger partial charge >= 0.3 is 5.82 Å². The van der Waals surface area contributed by atoms with E-state index in [0.717, 1.165) is 6.26 Å². The highest BCUT2D eigenvalue weighted by atomic mass is 32.2. The smallest absolute Gasteiger partial charge is 0.362 e. The van der Waals surface area contributed by atoms with Crippen molar-refractivity contribution in [2.24, 2.45) is 7.05 Å². The highest BCUT2D eigenvalue weighted by molar-refractivity contribution is 7.88. The number of aryl methyl sites for hydroxylation is 1. The molecule has 19 heavy (non-hydrogen) atoms. The van der Waals surface area contributed by atoms with E-state index in [1.165, 1.54) is 10.9 Å². The maximum Gasteiger partial charge on any atom is 0.406 e. The fraction of sp³-hybridized carbons (Fsp3) is 0.667. The summed E-state index contributed by atoms with van der Waals surface area (Å²) >= 11 is 0. The van der Waals surface area contributed by atoms with Gasteiger partial charge in [-0.15, -0.1) is 0 Å². The van der Waals surface area contributed by atoms with Crippen LogP contribution in [0.2, 0.25) is 0 Å². The van der Waals surface area contributed by atoms with Crippen LogP contribution in [0, 0.1) is 10.1 Å². The van der Waals surface area contributed by atoms with Crippen molar-refractivity contribution in [3.8, 4) is 0 Å². The fourth-order valence-corrected chi connectivity index (χ4v) is 2.67.